The van der Waals surface area contributed by atoms with E-state index in [0.29, 0.717) is 16.7 Å². The lowest BCUT2D eigenvalue weighted by Gasteiger charge is -2.17. The van der Waals surface area contributed by atoms with Gasteiger partial charge in [0, 0.05) is 31.2 Å². The number of rotatable bonds is 6. The zero-order chi connectivity index (χ0) is 22.8. The van der Waals surface area contributed by atoms with Crippen molar-refractivity contribution in [3.8, 4) is 0 Å². The van der Waals surface area contributed by atoms with E-state index in [4.69, 9.17) is 0 Å². The average molecular weight is 440 g/mol. The predicted molar refractivity (Wildman–Crippen MR) is 125 cm³/mol. The zero-order valence-electron chi connectivity index (χ0n) is 18.2. The number of hydrogen-bond acceptors (Lipinski definition) is 4. The summed E-state index contributed by atoms with van der Waals surface area (Å²) in [4.78, 5) is 41.4. The molecule has 0 aromatic heterocycles. The topological polar surface area (TPSA) is 69.7 Å². The quantitative estimate of drug-likeness (QED) is 0.597. The molecule has 6 nitrogen and oxygen atoms in total. The van der Waals surface area contributed by atoms with Gasteiger partial charge in [-0.1, -0.05) is 54.6 Å². The number of amides is 3. The molecule has 2 aliphatic heterocycles. The number of nitrogens with zero attached hydrogens (tertiary/aromatic N) is 2. The number of carbonyl (C=O) groups excluding carboxylic acids is 3. The summed E-state index contributed by atoms with van der Waals surface area (Å²) in [5, 5.41) is 3.13. The molecule has 3 amide bonds. The Hall–Kier alpha value is -3.77. The fourth-order valence-corrected chi connectivity index (χ4v) is 4.53. The van der Waals surface area contributed by atoms with Gasteiger partial charge in [0.15, 0.2) is 0 Å². The fraction of sp³-hybridized carbons (Fsp3) is 0.222. The third kappa shape index (κ3) is 4.43. The van der Waals surface area contributed by atoms with Gasteiger partial charge in [0.2, 0.25) is 0 Å². The highest BCUT2D eigenvalue weighted by Gasteiger charge is 2.35. The van der Waals surface area contributed by atoms with Gasteiger partial charge in [-0.15, -0.1) is 0 Å². The summed E-state index contributed by atoms with van der Waals surface area (Å²) in [7, 11) is 0. The molecule has 1 atom stereocenters. The third-order valence-corrected chi connectivity index (χ3v) is 6.29. The van der Waals surface area contributed by atoms with E-state index in [1.807, 2.05) is 18.2 Å². The molecule has 2 heterocycles. The number of carbonyl (C=O) groups is 3. The lowest BCUT2D eigenvalue weighted by Crippen LogP contribution is -2.37. The monoisotopic (exact) mass is 439 g/mol. The minimum absolute atomic E-state index is 0.103. The summed E-state index contributed by atoms with van der Waals surface area (Å²) in [6.45, 7) is 2.86. The van der Waals surface area contributed by atoms with Crippen LogP contribution in [-0.4, -0.2) is 46.7 Å². The van der Waals surface area contributed by atoms with Crippen LogP contribution in [0.25, 0.3) is 0 Å². The van der Waals surface area contributed by atoms with Crippen LogP contribution in [0.1, 0.15) is 48.6 Å². The van der Waals surface area contributed by atoms with Gasteiger partial charge in [-0.3, -0.25) is 24.2 Å². The molecule has 0 radical (unpaired) electrons. The van der Waals surface area contributed by atoms with Crippen LogP contribution in [0.2, 0.25) is 0 Å². The van der Waals surface area contributed by atoms with Crippen LogP contribution in [0.5, 0.6) is 0 Å². The van der Waals surface area contributed by atoms with Crippen LogP contribution < -0.4 is 5.32 Å². The Kier molecular flexibility index (Phi) is 5.75. The summed E-state index contributed by atoms with van der Waals surface area (Å²) in [6, 6.07) is 24.4. The van der Waals surface area contributed by atoms with Gasteiger partial charge in [0.1, 0.15) is 0 Å². The van der Waals surface area contributed by atoms with Crippen molar-refractivity contribution in [3.63, 3.8) is 0 Å². The Bertz CT molecular complexity index is 1160. The third-order valence-electron chi connectivity index (χ3n) is 6.29. The standard InChI is InChI=1S/C27H25N3O3/c31-25(28-22-14-15-29(18-22)16-19-6-2-1-3-7-19)21-12-10-20(11-13-21)17-30-26(32)23-8-4-5-9-24(23)27(30)33/h1-13,22H,14-18H2,(H,28,31). The first-order valence-corrected chi connectivity index (χ1v) is 11.2. The number of benzene rings is 3. The SMILES string of the molecule is O=C(NC1CCN(Cc2ccccc2)C1)c1ccc(CN2C(=O)c3ccccc3C2=O)cc1. The van der Waals surface area contributed by atoms with E-state index in [9.17, 15) is 14.4 Å². The number of likely N-dealkylation sites (tertiary alicyclic amines) is 1. The van der Waals surface area contributed by atoms with E-state index in [2.05, 4.69) is 22.3 Å². The Labute approximate surface area is 192 Å². The zero-order valence-corrected chi connectivity index (χ0v) is 18.2. The molecular formula is C27H25N3O3. The highest BCUT2D eigenvalue weighted by atomic mass is 16.2. The molecule has 1 unspecified atom stereocenters. The Morgan fingerprint density at radius 3 is 2.06 bits per heavy atom. The summed E-state index contributed by atoms with van der Waals surface area (Å²) < 4.78 is 0. The largest absolute Gasteiger partial charge is 0.348 e. The maximum absolute atomic E-state index is 12.7. The maximum Gasteiger partial charge on any atom is 0.261 e. The first kappa shape index (κ1) is 21.1. The van der Waals surface area contributed by atoms with E-state index in [-0.39, 0.29) is 30.3 Å². The molecule has 2 aliphatic rings. The number of nitrogens with one attached hydrogen (secondary N) is 1. The molecule has 166 valence electrons. The van der Waals surface area contributed by atoms with Gasteiger partial charge in [-0.2, -0.15) is 0 Å². The van der Waals surface area contributed by atoms with E-state index < -0.39 is 0 Å². The van der Waals surface area contributed by atoms with Crippen molar-refractivity contribution < 1.29 is 14.4 Å². The fourth-order valence-electron chi connectivity index (χ4n) is 4.53. The Morgan fingerprint density at radius 1 is 0.788 bits per heavy atom. The van der Waals surface area contributed by atoms with Crippen molar-refractivity contribution in [2.45, 2.75) is 25.6 Å². The van der Waals surface area contributed by atoms with Crippen LogP contribution in [0.4, 0.5) is 0 Å². The number of imide groups is 1. The summed E-state index contributed by atoms with van der Waals surface area (Å²) in [5.74, 6) is -0.661. The van der Waals surface area contributed by atoms with E-state index in [0.717, 1.165) is 31.6 Å². The first-order chi connectivity index (χ1) is 16.1. The number of hydrogen-bond donors (Lipinski definition) is 1. The molecule has 1 saturated heterocycles. The van der Waals surface area contributed by atoms with Gasteiger partial charge >= 0.3 is 0 Å². The van der Waals surface area contributed by atoms with Crippen LogP contribution in [0.3, 0.4) is 0 Å². The second-order valence-corrected chi connectivity index (χ2v) is 8.62. The molecule has 6 heteroatoms. The lowest BCUT2D eigenvalue weighted by atomic mass is 10.1. The van der Waals surface area contributed by atoms with Gasteiger partial charge < -0.3 is 5.32 Å². The van der Waals surface area contributed by atoms with E-state index in [1.54, 1.807) is 48.5 Å². The molecule has 1 fully saturated rings. The van der Waals surface area contributed by atoms with E-state index in [1.165, 1.54) is 10.5 Å². The highest BCUT2D eigenvalue weighted by Crippen LogP contribution is 2.24. The smallest absolute Gasteiger partial charge is 0.261 e. The van der Waals surface area contributed by atoms with Crippen LogP contribution >= 0.6 is 0 Å². The molecule has 0 spiro atoms. The summed E-state index contributed by atoms with van der Waals surface area (Å²) in [6.07, 6.45) is 0.927. The first-order valence-electron chi connectivity index (χ1n) is 11.2. The van der Waals surface area contributed by atoms with Crippen LogP contribution in [0, 0.1) is 0 Å². The Morgan fingerprint density at radius 2 is 1.39 bits per heavy atom. The van der Waals surface area contributed by atoms with Crippen LogP contribution in [0.15, 0.2) is 78.9 Å². The molecule has 5 rings (SSSR count). The minimum Gasteiger partial charge on any atom is -0.348 e. The maximum atomic E-state index is 12.7. The highest BCUT2D eigenvalue weighted by molar-refractivity contribution is 6.21. The van der Waals surface area contributed by atoms with Crippen molar-refractivity contribution in [2.75, 3.05) is 13.1 Å². The molecule has 0 aliphatic carbocycles. The molecule has 33 heavy (non-hydrogen) atoms. The van der Waals surface area contributed by atoms with Crippen molar-refractivity contribution in [1.29, 1.82) is 0 Å². The molecular weight excluding hydrogens is 414 g/mol. The van der Waals surface area contributed by atoms with Crippen LogP contribution in [-0.2, 0) is 13.1 Å². The second-order valence-electron chi connectivity index (χ2n) is 8.62. The van der Waals surface area contributed by atoms with Gasteiger partial charge in [-0.25, -0.2) is 0 Å². The lowest BCUT2D eigenvalue weighted by molar-refractivity contribution is 0.0641. The van der Waals surface area contributed by atoms with E-state index >= 15 is 0 Å². The van der Waals surface area contributed by atoms with Crippen molar-refractivity contribution in [1.82, 2.24) is 15.1 Å². The molecule has 3 aromatic rings. The summed E-state index contributed by atoms with van der Waals surface area (Å²) in [5.41, 5.74) is 3.53. The molecule has 1 N–H and O–H groups in total. The van der Waals surface area contributed by atoms with Gasteiger partial charge in [0.05, 0.1) is 17.7 Å². The van der Waals surface area contributed by atoms with Crippen molar-refractivity contribution in [3.05, 3.63) is 107 Å². The van der Waals surface area contributed by atoms with Gasteiger partial charge in [-0.05, 0) is 41.8 Å². The van der Waals surface area contributed by atoms with Crippen molar-refractivity contribution >= 4 is 17.7 Å². The number of fused-ring (bicyclic) bond motifs is 1. The Balaban J connectivity index is 1.16. The molecule has 0 saturated carbocycles. The molecule has 3 aromatic carbocycles. The average Bonchev–Trinajstić information content (AvgIpc) is 3.38. The predicted octanol–water partition coefficient (Wildman–Crippen LogP) is 3.49. The molecule has 0 bridgehead atoms. The van der Waals surface area contributed by atoms with Crippen molar-refractivity contribution in [2.24, 2.45) is 0 Å². The summed E-state index contributed by atoms with van der Waals surface area (Å²) >= 11 is 0. The second kappa shape index (κ2) is 9.00. The minimum atomic E-state index is -0.279. The van der Waals surface area contributed by atoms with Gasteiger partial charge in [0.25, 0.3) is 17.7 Å². The normalized spacial score (nSPS) is 17.9.